The summed E-state index contributed by atoms with van der Waals surface area (Å²) < 4.78 is 36.0. The normalized spacial score (nSPS) is 10.6. The Kier molecular flexibility index (Phi) is 6.04. The zero-order valence-corrected chi connectivity index (χ0v) is 11.2. The molecule has 1 heterocycles. The molecule has 0 saturated heterocycles. The summed E-state index contributed by atoms with van der Waals surface area (Å²) in [6.07, 6.45) is 0.111. The van der Waals surface area contributed by atoms with Gasteiger partial charge in [0, 0.05) is 6.20 Å². The smallest absolute Gasteiger partial charge is 0.449 e. The van der Waals surface area contributed by atoms with Crippen LogP contribution in [0.2, 0.25) is 0 Å². The molecule has 3 nitrogen and oxygen atoms in total. The van der Waals surface area contributed by atoms with E-state index in [4.69, 9.17) is 5.73 Å². The first kappa shape index (κ1) is 15.1. The van der Waals surface area contributed by atoms with Gasteiger partial charge in [-0.25, -0.2) is 0 Å². The van der Waals surface area contributed by atoms with Crippen molar-refractivity contribution in [2.24, 2.45) is 5.73 Å². The first-order valence-corrected chi connectivity index (χ1v) is 3.84. The summed E-state index contributed by atoms with van der Waals surface area (Å²) in [6.45, 7) is -4.90. The Labute approximate surface area is 127 Å². The van der Waals surface area contributed by atoms with E-state index in [1.165, 1.54) is 6.07 Å². The van der Waals surface area contributed by atoms with Crippen LogP contribution in [0.3, 0.4) is 0 Å². The molecule has 1 aromatic rings. The molecule has 0 atom stereocenters. The zero-order valence-electron chi connectivity index (χ0n) is 8.08. The maximum absolute atomic E-state index is 12.0. The van der Waals surface area contributed by atoms with Crippen molar-refractivity contribution in [3.05, 3.63) is 29.6 Å². The second-order valence-corrected chi connectivity index (χ2v) is 2.83. The molecule has 0 radical (unpaired) electrons. The van der Waals surface area contributed by atoms with Crippen molar-refractivity contribution in [3.8, 4) is 0 Å². The summed E-state index contributed by atoms with van der Waals surface area (Å²) >= 11 is 0. The van der Waals surface area contributed by atoms with E-state index >= 15 is 0 Å². The van der Waals surface area contributed by atoms with Gasteiger partial charge >= 0.3 is 58.4 Å². The molecule has 0 aromatic carbocycles. The number of hydrogen-bond donors (Lipinski definition) is 1. The maximum Gasteiger partial charge on any atom is 1.00 e. The third kappa shape index (κ3) is 5.67. The van der Waals surface area contributed by atoms with Crippen LogP contribution in [0.1, 0.15) is 16.1 Å². The van der Waals surface area contributed by atoms with Crippen molar-refractivity contribution < 1.29 is 69.1 Å². The molecule has 1 amide bonds. The Morgan fingerprint density at radius 3 is 2.53 bits per heavy atom. The van der Waals surface area contributed by atoms with E-state index < -0.39 is 19.2 Å². The number of rotatable bonds is 3. The summed E-state index contributed by atoms with van der Waals surface area (Å²) in [5.74, 6) is -0.832. The maximum atomic E-state index is 12.0. The van der Waals surface area contributed by atoms with Gasteiger partial charge in [-0.15, -0.1) is 0 Å². The zero-order chi connectivity index (χ0) is 10.8. The van der Waals surface area contributed by atoms with Gasteiger partial charge in [-0.3, -0.25) is 9.78 Å². The van der Waals surface area contributed by atoms with E-state index in [1.807, 2.05) is 0 Å². The Morgan fingerprint density at radius 2 is 2.07 bits per heavy atom. The molecular weight excluding hydrogens is 235 g/mol. The molecule has 0 aliphatic carbocycles. The number of primary amides is 1. The molecule has 0 aliphatic heterocycles. The monoisotopic (exact) mass is 242 g/mol. The fraction of sp³-hybridized carbons (Fsp3) is 0.143. The summed E-state index contributed by atoms with van der Waals surface area (Å²) in [4.78, 5) is 14.1. The number of hydrogen-bond acceptors (Lipinski definition) is 2. The topological polar surface area (TPSA) is 56.0 Å². The Hall–Kier alpha value is 0.111. The van der Waals surface area contributed by atoms with Crippen LogP contribution in [0.15, 0.2) is 18.3 Å². The predicted octanol–water partition coefficient (Wildman–Crippen LogP) is -1.89. The molecule has 1 rings (SSSR count). The van der Waals surface area contributed by atoms with Gasteiger partial charge in [-0.05, 0) is 12.1 Å². The van der Waals surface area contributed by atoms with Crippen LogP contribution in [0.5, 0.6) is 0 Å². The van der Waals surface area contributed by atoms with Gasteiger partial charge in [0.25, 0.3) is 5.91 Å². The summed E-state index contributed by atoms with van der Waals surface area (Å²) in [5, 5.41) is 0. The van der Waals surface area contributed by atoms with E-state index in [-0.39, 0.29) is 62.6 Å². The minimum absolute atomic E-state index is 0. The van der Waals surface area contributed by atoms with E-state index in [0.717, 1.165) is 12.3 Å². The molecule has 0 spiro atoms. The average Bonchev–Trinajstić information content (AvgIpc) is 2.01. The third-order valence-electron chi connectivity index (χ3n) is 1.54. The third-order valence-corrected chi connectivity index (χ3v) is 1.54. The van der Waals surface area contributed by atoms with Crippen molar-refractivity contribution in [1.82, 2.24) is 4.98 Å². The number of carbonyl (C=O) groups excluding carboxylic acids is 1. The minimum atomic E-state index is -4.90. The molecule has 76 valence electrons. The molecule has 0 aliphatic rings. The van der Waals surface area contributed by atoms with Crippen LogP contribution in [0, 0.1) is 0 Å². The largest absolute Gasteiger partial charge is 1.00 e. The molecule has 1 aromatic heterocycles. The Morgan fingerprint density at radius 1 is 1.47 bits per heavy atom. The van der Waals surface area contributed by atoms with E-state index in [1.54, 1.807) is 0 Å². The van der Waals surface area contributed by atoms with Gasteiger partial charge < -0.3 is 18.7 Å². The number of nitrogens with zero attached hydrogens (tertiary/aromatic N) is 1. The van der Waals surface area contributed by atoms with E-state index in [2.05, 4.69) is 4.98 Å². The predicted molar refractivity (Wildman–Crippen MR) is 45.5 cm³/mol. The summed E-state index contributed by atoms with van der Waals surface area (Å²) in [5.41, 5.74) is 4.72. The van der Waals surface area contributed by atoms with Crippen LogP contribution in [0.25, 0.3) is 0 Å². The molecule has 0 bridgehead atoms. The minimum Gasteiger partial charge on any atom is -0.449 e. The Balaban J connectivity index is 0.00000196. The molecular formula is C7H7BF3KN2O. The Bertz CT molecular complexity index is 358. The van der Waals surface area contributed by atoms with Gasteiger partial charge in [-0.2, -0.15) is 0 Å². The van der Waals surface area contributed by atoms with Crippen LogP contribution >= 0.6 is 0 Å². The first-order chi connectivity index (χ1) is 6.38. The fourth-order valence-corrected chi connectivity index (χ4v) is 1.00. The quantitative estimate of drug-likeness (QED) is 0.630. The van der Waals surface area contributed by atoms with Crippen LogP contribution < -0.4 is 57.1 Å². The SMILES string of the molecule is NC(=O)c1cc(C[B-](F)(F)F)ccn1.[K+]. The van der Waals surface area contributed by atoms with Gasteiger partial charge in [0.15, 0.2) is 0 Å². The van der Waals surface area contributed by atoms with Crippen molar-refractivity contribution in [3.63, 3.8) is 0 Å². The standard InChI is InChI=1S/C7H7BF3N2O.K/c9-8(10,11)4-5-1-2-13-6(3-5)7(12)14;/h1-3H,4H2,(H2,12,14);/q-1;+1. The van der Waals surface area contributed by atoms with Crippen molar-refractivity contribution in [2.75, 3.05) is 0 Å². The van der Waals surface area contributed by atoms with Crippen LogP contribution in [-0.2, 0) is 6.32 Å². The van der Waals surface area contributed by atoms with Crippen molar-refractivity contribution in [2.45, 2.75) is 6.32 Å². The fourth-order valence-electron chi connectivity index (χ4n) is 1.00. The first-order valence-electron chi connectivity index (χ1n) is 3.84. The van der Waals surface area contributed by atoms with Crippen LogP contribution in [-0.4, -0.2) is 17.9 Å². The number of aromatic nitrogens is 1. The van der Waals surface area contributed by atoms with E-state index in [0.29, 0.717) is 0 Å². The van der Waals surface area contributed by atoms with Gasteiger partial charge in [0.1, 0.15) is 5.69 Å². The van der Waals surface area contributed by atoms with Gasteiger partial charge in [0.05, 0.1) is 0 Å². The second-order valence-electron chi connectivity index (χ2n) is 2.83. The molecule has 8 heteroatoms. The van der Waals surface area contributed by atoms with Gasteiger partial charge in [0.2, 0.25) is 0 Å². The average molecular weight is 242 g/mol. The summed E-state index contributed by atoms with van der Waals surface area (Å²) in [7, 11) is 0. The molecule has 15 heavy (non-hydrogen) atoms. The second kappa shape index (κ2) is 6.00. The summed E-state index contributed by atoms with van der Waals surface area (Å²) in [6, 6.07) is 2.26. The molecule has 0 fully saturated rings. The number of pyridine rings is 1. The molecule has 2 N–H and O–H groups in total. The van der Waals surface area contributed by atoms with Crippen LogP contribution in [0.4, 0.5) is 12.9 Å². The number of nitrogens with two attached hydrogens (primary N) is 1. The number of halogens is 3. The number of carbonyl (C=O) groups is 1. The van der Waals surface area contributed by atoms with Gasteiger partial charge in [-0.1, -0.05) is 11.9 Å². The molecule has 0 saturated carbocycles. The van der Waals surface area contributed by atoms with E-state index in [9.17, 15) is 17.7 Å². The van der Waals surface area contributed by atoms with Crippen molar-refractivity contribution >= 4 is 12.9 Å². The van der Waals surface area contributed by atoms with Crippen molar-refractivity contribution in [1.29, 1.82) is 0 Å². The number of amides is 1. The molecule has 0 unspecified atom stereocenters.